The molecule has 1 aliphatic rings. The summed E-state index contributed by atoms with van der Waals surface area (Å²) in [6.45, 7) is 4.79. The average molecular weight is 305 g/mol. The second-order valence-corrected chi connectivity index (χ2v) is 5.99. The molecule has 5 nitrogen and oxygen atoms in total. The Hall–Kier alpha value is -2.04. The van der Waals surface area contributed by atoms with Gasteiger partial charge in [0.25, 0.3) is 0 Å². The van der Waals surface area contributed by atoms with Crippen LogP contribution in [0.2, 0.25) is 0 Å². The number of likely N-dealkylation sites (tertiary alicyclic amines) is 1. The first-order valence-electron chi connectivity index (χ1n) is 7.59. The van der Waals surface area contributed by atoms with Crippen LogP contribution in [0.25, 0.3) is 0 Å². The number of nitrogens with zero attached hydrogens (tertiary/aromatic N) is 1. The SMILES string of the molecule is COc1cccc(C(C)C(=O)N2CCC(C(=O)O)C(C)C2)c1. The van der Waals surface area contributed by atoms with Gasteiger partial charge in [-0.15, -0.1) is 0 Å². The highest BCUT2D eigenvalue weighted by Gasteiger charge is 2.34. The summed E-state index contributed by atoms with van der Waals surface area (Å²) in [5.74, 6) is -0.618. The van der Waals surface area contributed by atoms with E-state index in [0.717, 1.165) is 11.3 Å². The number of carbonyl (C=O) groups excluding carboxylic acids is 1. The van der Waals surface area contributed by atoms with Gasteiger partial charge in [0.15, 0.2) is 0 Å². The van der Waals surface area contributed by atoms with Crippen molar-refractivity contribution in [2.24, 2.45) is 11.8 Å². The van der Waals surface area contributed by atoms with E-state index in [-0.39, 0.29) is 23.7 Å². The number of piperidine rings is 1. The highest BCUT2D eigenvalue weighted by Crippen LogP contribution is 2.28. The molecule has 5 heteroatoms. The topological polar surface area (TPSA) is 66.8 Å². The number of rotatable bonds is 4. The summed E-state index contributed by atoms with van der Waals surface area (Å²) in [5.41, 5.74) is 0.914. The Bertz CT molecular complexity index is 557. The Labute approximate surface area is 130 Å². The fourth-order valence-corrected chi connectivity index (χ4v) is 3.04. The summed E-state index contributed by atoms with van der Waals surface area (Å²) in [6.07, 6.45) is 0.521. The largest absolute Gasteiger partial charge is 0.497 e. The number of carboxylic acids is 1. The summed E-state index contributed by atoms with van der Waals surface area (Å²) in [4.78, 5) is 25.6. The van der Waals surface area contributed by atoms with Crippen molar-refractivity contribution in [3.63, 3.8) is 0 Å². The normalized spacial score (nSPS) is 23.0. The molecule has 1 aromatic carbocycles. The molecular formula is C17H23NO4. The quantitative estimate of drug-likeness (QED) is 0.927. The maximum Gasteiger partial charge on any atom is 0.306 e. The van der Waals surface area contributed by atoms with Gasteiger partial charge in [-0.3, -0.25) is 9.59 Å². The van der Waals surface area contributed by atoms with E-state index < -0.39 is 5.97 Å². The van der Waals surface area contributed by atoms with Crippen LogP contribution in [0.1, 0.15) is 31.7 Å². The first-order valence-corrected chi connectivity index (χ1v) is 7.59. The van der Waals surface area contributed by atoms with Gasteiger partial charge in [0.1, 0.15) is 5.75 Å². The molecule has 1 fully saturated rings. The number of hydrogen-bond donors (Lipinski definition) is 1. The van der Waals surface area contributed by atoms with Crippen LogP contribution in [-0.4, -0.2) is 42.1 Å². The lowest BCUT2D eigenvalue weighted by Gasteiger charge is -2.36. The summed E-state index contributed by atoms with van der Waals surface area (Å²) in [6, 6.07) is 7.51. The van der Waals surface area contributed by atoms with Crippen LogP contribution in [0.5, 0.6) is 5.75 Å². The van der Waals surface area contributed by atoms with Crippen molar-refractivity contribution in [1.82, 2.24) is 4.90 Å². The molecule has 1 N–H and O–H groups in total. The predicted octanol–water partition coefficient (Wildman–Crippen LogP) is 2.37. The van der Waals surface area contributed by atoms with E-state index in [4.69, 9.17) is 9.84 Å². The zero-order chi connectivity index (χ0) is 16.3. The third kappa shape index (κ3) is 3.40. The van der Waals surface area contributed by atoms with Crippen LogP contribution in [0.4, 0.5) is 0 Å². The van der Waals surface area contributed by atoms with E-state index in [2.05, 4.69) is 0 Å². The first-order chi connectivity index (χ1) is 10.4. The van der Waals surface area contributed by atoms with E-state index in [1.807, 2.05) is 38.1 Å². The van der Waals surface area contributed by atoms with Crippen LogP contribution in [0.15, 0.2) is 24.3 Å². The molecule has 3 atom stereocenters. The van der Waals surface area contributed by atoms with Crippen LogP contribution in [-0.2, 0) is 9.59 Å². The van der Waals surface area contributed by atoms with E-state index >= 15 is 0 Å². The molecule has 0 saturated carbocycles. The van der Waals surface area contributed by atoms with E-state index in [1.165, 1.54) is 0 Å². The second kappa shape index (κ2) is 6.81. The number of carboxylic acid groups (broad SMARTS) is 1. The highest BCUT2D eigenvalue weighted by molar-refractivity contribution is 5.84. The molecule has 0 spiro atoms. The molecule has 0 aliphatic carbocycles. The molecular weight excluding hydrogens is 282 g/mol. The Kier molecular flexibility index (Phi) is 5.06. The molecule has 120 valence electrons. The smallest absolute Gasteiger partial charge is 0.306 e. The Morgan fingerprint density at radius 3 is 2.73 bits per heavy atom. The number of benzene rings is 1. The fourth-order valence-electron chi connectivity index (χ4n) is 3.04. The van der Waals surface area contributed by atoms with Crippen molar-refractivity contribution in [3.05, 3.63) is 29.8 Å². The molecule has 0 radical (unpaired) electrons. The van der Waals surface area contributed by atoms with Gasteiger partial charge in [0.05, 0.1) is 18.9 Å². The number of amides is 1. The summed E-state index contributed by atoms with van der Waals surface area (Å²) in [5, 5.41) is 9.16. The minimum absolute atomic E-state index is 0.0206. The fraction of sp³-hybridized carbons (Fsp3) is 0.529. The molecule has 1 aromatic rings. The Morgan fingerprint density at radius 1 is 1.41 bits per heavy atom. The van der Waals surface area contributed by atoms with E-state index in [0.29, 0.717) is 19.5 Å². The van der Waals surface area contributed by atoms with Crippen LogP contribution in [0, 0.1) is 11.8 Å². The van der Waals surface area contributed by atoms with Gasteiger partial charge in [-0.2, -0.15) is 0 Å². The van der Waals surface area contributed by atoms with E-state index in [9.17, 15) is 9.59 Å². The number of aliphatic carboxylic acids is 1. The summed E-state index contributed by atoms with van der Waals surface area (Å²) in [7, 11) is 1.60. The van der Waals surface area contributed by atoms with Gasteiger partial charge in [0, 0.05) is 13.1 Å². The van der Waals surface area contributed by atoms with Crippen LogP contribution >= 0.6 is 0 Å². The zero-order valence-corrected chi connectivity index (χ0v) is 13.3. The molecule has 2 rings (SSSR count). The van der Waals surface area contributed by atoms with Gasteiger partial charge in [-0.25, -0.2) is 0 Å². The van der Waals surface area contributed by atoms with E-state index in [1.54, 1.807) is 12.0 Å². The lowest BCUT2D eigenvalue weighted by Crippen LogP contribution is -2.46. The maximum atomic E-state index is 12.7. The summed E-state index contributed by atoms with van der Waals surface area (Å²) < 4.78 is 5.20. The number of ether oxygens (including phenoxy) is 1. The Balaban J connectivity index is 2.06. The average Bonchev–Trinajstić information content (AvgIpc) is 2.53. The second-order valence-electron chi connectivity index (χ2n) is 5.99. The van der Waals surface area contributed by atoms with Crippen molar-refractivity contribution in [2.45, 2.75) is 26.2 Å². The lowest BCUT2D eigenvalue weighted by atomic mass is 9.86. The van der Waals surface area contributed by atoms with Gasteiger partial charge in [-0.1, -0.05) is 19.1 Å². The lowest BCUT2D eigenvalue weighted by molar-refractivity contribution is -0.148. The monoisotopic (exact) mass is 305 g/mol. The third-order valence-corrected chi connectivity index (χ3v) is 4.50. The summed E-state index contributed by atoms with van der Waals surface area (Å²) >= 11 is 0. The molecule has 1 saturated heterocycles. The zero-order valence-electron chi connectivity index (χ0n) is 13.3. The van der Waals surface area contributed by atoms with Gasteiger partial charge >= 0.3 is 5.97 Å². The van der Waals surface area contributed by atoms with Gasteiger partial charge in [0.2, 0.25) is 5.91 Å². The van der Waals surface area contributed by atoms with Gasteiger partial charge < -0.3 is 14.7 Å². The highest BCUT2D eigenvalue weighted by atomic mass is 16.5. The first kappa shape index (κ1) is 16.3. The van der Waals surface area contributed by atoms with Crippen molar-refractivity contribution in [1.29, 1.82) is 0 Å². The molecule has 1 heterocycles. The third-order valence-electron chi connectivity index (χ3n) is 4.50. The van der Waals surface area contributed by atoms with Crippen molar-refractivity contribution in [2.75, 3.05) is 20.2 Å². The molecule has 0 bridgehead atoms. The maximum absolute atomic E-state index is 12.7. The van der Waals surface area contributed by atoms with Crippen molar-refractivity contribution < 1.29 is 19.4 Å². The standard InChI is InChI=1S/C17H23NO4/c1-11-10-18(8-7-15(11)17(20)21)16(19)12(2)13-5-4-6-14(9-13)22-3/h4-6,9,11-12,15H,7-8,10H2,1-3H3,(H,20,21). The molecule has 3 unspecified atom stereocenters. The minimum atomic E-state index is -0.763. The molecule has 0 aromatic heterocycles. The minimum Gasteiger partial charge on any atom is -0.497 e. The number of hydrogen-bond acceptors (Lipinski definition) is 3. The molecule has 1 amide bonds. The Morgan fingerprint density at radius 2 is 2.14 bits per heavy atom. The van der Waals surface area contributed by atoms with Gasteiger partial charge in [-0.05, 0) is 37.0 Å². The number of methoxy groups -OCH3 is 1. The van der Waals surface area contributed by atoms with Crippen molar-refractivity contribution in [3.8, 4) is 5.75 Å². The predicted molar refractivity (Wildman–Crippen MR) is 82.9 cm³/mol. The van der Waals surface area contributed by atoms with Crippen LogP contribution in [0.3, 0.4) is 0 Å². The molecule has 1 aliphatic heterocycles. The van der Waals surface area contributed by atoms with Crippen molar-refractivity contribution >= 4 is 11.9 Å². The van der Waals surface area contributed by atoms with Crippen LogP contribution < -0.4 is 4.74 Å². The number of carbonyl (C=O) groups is 2. The molecule has 22 heavy (non-hydrogen) atoms.